The summed E-state index contributed by atoms with van der Waals surface area (Å²) in [5.41, 5.74) is 10.1. The summed E-state index contributed by atoms with van der Waals surface area (Å²) in [7, 11) is 0. The van der Waals surface area contributed by atoms with Gasteiger partial charge in [0.05, 0.1) is 24.4 Å². The first-order valence-corrected chi connectivity index (χ1v) is 6.70. The minimum atomic E-state index is -3.15. The fraction of sp³-hybridized carbons (Fsp3) is 0.333. The van der Waals surface area contributed by atoms with Gasteiger partial charge < -0.3 is 16.8 Å². The van der Waals surface area contributed by atoms with E-state index in [0.717, 1.165) is 11.8 Å². The van der Waals surface area contributed by atoms with Crippen LogP contribution in [0.5, 0.6) is 0 Å². The lowest BCUT2D eigenvalue weighted by molar-refractivity contribution is -0.115. The highest BCUT2D eigenvalue weighted by atomic mass is 32.2. The van der Waals surface area contributed by atoms with Crippen molar-refractivity contribution in [2.45, 2.75) is 10.8 Å². The summed E-state index contributed by atoms with van der Waals surface area (Å²) in [5.74, 6) is -4.32. The molecular weight excluding hydrogens is 288 g/mol. The lowest BCUT2D eigenvalue weighted by atomic mass is 10.2. The number of carbonyl (C=O) groups is 2. The smallest absolute Gasteiger partial charge is 0.277 e. The first-order valence-electron chi connectivity index (χ1n) is 5.72. The number of primary amides is 1. The highest BCUT2D eigenvalue weighted by molar-refractivity contribution is 8.00. The van der Waals surface area contributed by atoms with E-state index in [-0.39, 0.29) is 11.3 Å². The van der Waals surface area contributed by atoms with E-state index in [1.807, 2.05) is 0 Å². The molecule has 5 nitrogen and oxygen atoms in total. The van der Waals surface area contributed by atoms with Crippen LogP contribution >= 0.6 is 11.8 Å². The van der Waals surface area contributed by atoms with Gasteiger partial charge in [0, 0.05) is 4.90 Å². The Balaban J connectivity index is 2.74. The van der Waals surface area contributed by atoms with Crippen molar-refractivity contribution in [3.8, 4) is 0 Å². The largest absolute Gasteiger partial charge is 0.369 e. The summed E-state index contributed by atoms with van der Waals surface area (Å²) in [4.78, 5) is 23.1. The third-order valence-electron chi connectivity index (χ3n) is 2.31. The summed E-state index contributed by atoms with van der Waals surface area (Å²) in [6.07, 6.45) is 0. The Kier molecular flexibility index (Phi) is 5.90. The maximum atomic E-state index is 13.0. The van der Waals surface area contributed by atoms with Crippen molar-refractivity contribution in [1.29, 1.82) is 0 Å². The summed E-state index contributed by atoms with van der Waals surface area (Å²) >= 11 is 1.08. The third kappa shape index (κ3) is 5.14. The number of alkyl halides is 2. The van der Waals surface area contributed by atoms with Crippen LogP contribution in [-0.2, 0) is 4.79 Å². The molecule has 0 radical (unpaired) electrons. The maximum absolute atomic E-state index is 13.0. The van der Waals surface area contributed by atoms with Crippen LogP contribution in [-0.4, -0.2) is 36.6 Å². The van der Waals surface area contributed by atoms with Crippen LogP contribution in [0.3, 0.4) is 0 Å². The average molecular weight is 303 g/mol. The van der Waals surface area contributed by atoms with E-state index in [1.54, 1.807) is 18.2 Å². The van der Waals surface area contributed by atoms with Gasteiger partial charge in [0.1, 0.15) is 0 Å². The minimum absolute atomic E-state index is 0.00323. The zero-order valence-corrected chi connectivity index (χ0v) is 11.4. The molecule has 0 aliphatic heterocycles. The average Bonchev–Trinajstić information content (AvgIpc) is 2.43. The van der Waals surface area contributed by atoms with E-state index in [0.29, 0.717) is 4.90 Å². The molecule has 0 spiro atoms. The molecule has 0 aliphatic rings. The normalized spacial score (nSPS) is 11.2. The van der Waals surface area contributed by atoms with Crippen LogP contribution in [0.2, 0.25) is 0 Å². The van der Waals surface area contributed by atoms with Crippen molar-refractivity contribution >= 4 is 23.6 Å². The van der Waals surface area contributed by atoms with Gasteiger partial charge in [0.15, 0.2) is 0 Å². The van der Waals surface area contributed by atoms with Gasteiger partial charge in [-0.1, -0.05) is 12.1 Å². The van der Waals surface area contributed by atoms with Gasteiger partial charge in [-0.3, -0.25) is 9.59 Å². The van der Waals surface area contributed by atoms with Gasteiger partial charge >= 0.3 is 0 Å². The number of halogens is 2. The standard InChI is InChI=1S/C12H15F2N3O2S/c13-12(14,6-15)7-17-11(19)8-3-1-2-4-9(8)20-5-10(16)18/h1-4H,5-7,15H2,(H2,16,18)(H,17,19). The molecule has 0 aliphatic carbocycles. The molecule has 0 saturated heterocycles. The summed E-state index contributed by atoms with van der Waals surface area (Å²) < 4.78 is 26.0. The third-order valence-corrected chi connectivity index (χ3v) is 3.40. The van der Waals surface area contributed by atoms with Gasteiger partial charge in [-0.25, -0.2) is 8.78 Å². The second-order valence-electron chi connectivity index (χ2n) is 3.99. The Bertz CT molecular complexity index is 497. The molecule has 0 fully saturated rings. The SMILES string of the molecule is NCC(F)(F)CNC(=O)c1ccccc1SCC(N)=O. The molecule has 20 heavy (non-hydrogen) atoms. The van der Waals surface area contributed by atoms with E-state index in [4.69, 9.17) is 11.5 Å². The number of thioether (sulfide) groups is 1. The highest BCUT2D eigenvalue weighted by Crippen LogP contribution is 2.22. The van der Waals surface area contributed by atoms with E-state index >= 15 is 0 Å². The zero-order valence-electron chi connectivity index (χ0n) is 10.6. The second-order valence-corrected chi connectivity index (χ2v) is 5.01. The fourth-order valence-corrected chi connectivity index (χ4v) is 2.09. The Morgan fingerprint density at radius 3 is 2.55 bits per heavy atom. The fourth-order valence-electron chi connectivity index (χ4n) is 1.31. The number of carbonyl (C=O) groups excluding carboxylic acids is 2. The number of hydrogen-bond donors (Lipinski definition) is 3. The topological polar surface area (TPSA) is 98.2 Å². The minimum Gasteiger partial charge on any atom is -0.369 e. The number of nitrogens with one attached hydrogen (secondary N) is 1. The Morgan fingerprint density at radius 1 is 1.30 bits per heavy atom. The van der Waals surface area contributed by atoms with Crippen LogP contribution in [0.4, 0.5) is 8.78 Å². The van der Waals surface area contributed by atoms with Crippen molar-refractivity contribution in [1.82, 2.24) is 5.32 Å². The molecule has 1 rings (SSSR count). The van der Waals surface area contributed by atoms with E-state index in [2.05, 4.69) is 5.32 Å². The van der Waals surface area contributed by atoms with Gasteiger partial charge in [0.25, 0.3) is 11.8 Å². The monoisotopic (exact) mass is 303 g/mol. The summed E-state index contributed by atoms with van der Waals surface area (Å²) in [5, 5.41) is 2.12. The van der Waals surface area contributed by atoms with Crippen molar-refractivity contribution in [3.05, 3.63) is 29.8 Å². The quantitative estimate of drug-likeness (QED) is 0.642. The summed E-state index contributed by atoms with van der Waals surface area (Å²) in [6.45, 7) is -1.68. The van der Waals surface area contributed by atoms with Crippen molar-refractivity contribution in [3.63, 3.8) is 0 Å². The molecule has 0 bridgehead atoms. The first-order chi connectivity index (χ1) is 9.35. The number of benzene rings is 1. The Morgan fingerprint density at radius 2 is 1.95 bits per heavy atom. The number of rotatable bonds is 7. The molecule has 8 heteroatoms. The van der Waals surface area contributed by atoms with Crippen molar-refractivity contribution in [2.24, 2.45) is 11.5 Å². The van der Waals surface area contributed by atoms with Crippen molar-refractivity contribution in [2.75, 3.05) is 18.8 Å². The summed E-state index contributed by atoms with van der Waals surface area (Å²) in [6, 6.07) is 6.38. The van der Waals surface area contributed by atoms with Crippen LogP contribution < -0.4 is 16.8 Å². The lowest BCUT2D eigenvalue weighted by Gasteiger charge is -2.15. The van der Waals surface area contributed by atoms with E-state index in [1.165, 1.54) is 6.07 Å². The predicted octanol–water partition coefficient (Wildman–Crippen LogP) is 0.588. The lowest BCUT2D eigenvalue weighted by Crippen LogP contribution is -2.41. The molecule has 0 heterocycles. The van der Waals surface area contributed by atoms with Gasteiger partial charge in [-0.2, -0.15) is 0 Å². The van der Waals surface area contributed by atoms with Crippen LogP contribution in [0.15, 0.2) is 29.2 Å². The van der Waals surface area contributed by atoms with Crippen LogP contribution in [0, 0.1) is 0 Å². The maximum Gasteiger partial charge on any atom is 0.277 e. The first kappa shape index (κ1) is 16.4. The number of amides is 2. The molecule has 5 N–H and O–H groups in total. The van der Waals surface area contributed by atoms with E-state index < -0.39 is 30.8 Å². The molecule has 1 aromatic carbocycles. The molecule has 110 valence electrons. The van der Waals surface area contributed by atoms with Gasteiger partial charge in [-0.15, -0.1) is 11.8 Å². The van der Waals surface area contributed by atoms with Gasteiger partial charge in [0.2, 0.25) is 5.91 Å². The number of hydrogen-bond acceptors (Lipinski definition) is 4. The number of nitrogens with two attached hydrogens (primary N) is 2. The van der Waals surface area contributed by atoms with Crippen molar-refractivity contribution < 1.29 is 18.4 Å². The predicted molar refractivity (Wildman–Crippen MR) is 72.7 cm³/mol. The molecule has 0 aromatic heterocycles. The molecular formula is C12H15F2N3O2S. The molecule has 1 aromatic rings. The second kappa shape index (κ2) is 7.20. The van der Waals surface area contributed by atoms with Gasteiger partial charge in [-0.05, 0) is 12.1 Å². The zero-order chi connectivity index (χ0) is 15.2. The Labute approximate surface area is 119 Å². The molecule has 0 saturated carbocycles. The van der Waals surface area contributed by atoms with Crippen LogP contribution in [0.1, 0.15) is 10.4 Å². The van der Waals surface area contributed by atoms with E-state index in [9.17, 15) is 18.4 Å². The molecule has 2 amide bonds. The Hall–Kier alpha value is -1.67. The molecule has 0 atom stereocenters. The van der Waals surface area contributed by atoms with Crippen LogP contribution in [0.25, 0.3) is 0 Å². The highest BCUT2D eigenvalue weighted by Gasteiger charge is 2.27. The molecule has 0 unspecified atom stereocenters.